The first-order chi connectivity index (χ1) is 13.4. The maximum atomic E-state index is 13.3. The Kier molecular flexibility index (Phi) is 4.91. The zero-order valence-corrected chi connectivity index (χ0v) is 16.0. The molecule has 1 fully saturated rings. The number of rotatable bonds is 5. The highest BCUT2D eigenvalue weighted by Gasteiger charge is 2.39. The monoisotopic (exact) mass is 422 g/mol. The summed E-state index contributed by atoms with van der Waals surface area (Å²) in [6, 6.07) is 5.00. The number of imidazole rings is 1. The molecule has 0 spiro atoms. The van der Waals surface area contributed by atoms with Crippen LogP contribution in [0.15, 0.2) is 41.8 Å². The lowest BCUT2D eigenvalue weighted by atomic mass is 10.2. The molecule has 1 aliphatic rings. The van der Waals surface area contributed by atoms with Gasteiger partial charge in [0.05, 0.1) is 18.6 Å². The number of nitrogens with one attached hydrogen (secondary N) is 2. The predicted octanol–water partition coefficient (Wildman–Crippen LogP) is 2.18. The number of aromatic amines is 1. The summed E-state index contributed by atoms with van der Waals surface area (Å²) in [4.78, 5) is 18.7. The molecule has 0 saturated carbocycles. The standard InChI is InChI=1S/C16H15FN6O3S2/c17-10-3-1-4-11(7-10)20-14(24)16-22-21-15(27-16)12-5-2-6-23(12)28(25,26)13-8-18-9-19-13/h1,3-4,7-9,12H,2,5-6H2,(H,18,19)(H,20,24). The van der Waals surface area contributed by atoms with Crippen molar-refractivity contribution in [3.8, 4) is 0 Å². The van der Waals surface area contributed by atoms with Crippen molar-refractivity contribution in [2.24, 2.45) is 0 Å². The average molecular weight is 422 g/mol. The lowest BCUT2D eigenvalue weighted by Gasteiger charge is -2.20. The number of nitrogens with zero attached hydrogens (tertiary/aromatic N) is 4. The second-order valence-electron chi connectivity index (χ2n) is 6.10. The van der Waals surface area contributed by atoms with Gasteiger partial charge in [0, 0.05) is 12.2 Å². The molecule has 9 nitrogen and oxygen atoms in total. The Labute approximate surface area is 163 Å². The number of H-pyrrole nitrogens is 1. The number of halogens is 1. The summed E-state index contributed by atoms with van der Waals surface area (Å²) in [6.07, 6.45) is 3.80. The van der Waals surface area contributed by atoms with Gasteiger partial charge in [-0.3, -0.25) is 4.79 Å². The average Bonchev–Trinajstić information content (AvgIpc) is 3.42. The number of benzene rings is 1. The molecule has 0 radical (unpaired) electrons. The van der Waals surface area contributed by atoms with Gasteiger partial charge in [0.1, 0.15) is 10.8 Å². The molecule has 28 heavy (non-hydrogen) atoms. The van der Waals surface area contributed by atoms with E-state index in [1.165, 1.54) is 35.0 Å². The molecule has 12 heteroatoms. The molecule has 1 saturated heterocycles. The minimum absolute atomic E-state index is 0.00739. The van der Waals surface area contributed by atoms with Crippen LogP contribution in [0.4, 0.5) is 10.1 Å². The fourth-order valence-corrected chi connectivity index (χ4v) is 5.51. The van der Waals surface area contributed by atoms with E-state index in [2.05, 4.69) is 25.5 Å². The number of anilines is 1. The number of amides is 1. The van der Waals surface area contributed by atoms with Crippen molar-refractivity contribution >= 4 is 33.0 Å². The first-order valence-electron chi connectivity index (χ1n) is 8.36. The normalized spacial score (nSPS) is 17.7. The van der Waals surface area contributed by atoms with Crippen LogP contribution in [-0.2, 0) is 10.0 Å². The van der Waals surface area contributed by atoms with Crippen LogP contribution in [0.3, 0.4) is 0 Å². The molecule has 1 atom stereocenters. The quantitative estimate of drug-likeness (QED) is 0.650. The second-order valence-corrected chi connectivity index (χ2v) is 8.97. The maximum absolute atomic E-state index is 13.3. The molecule has 3 aromatic rings. The van der Waals surface area contributed by atoms with Crippen molar-refractivity contribution in [3.63, 3.8) is 0 Å². The maximum Gasteiger partial charge on any atom is 0.286 e. The molecule has 2 aromatic heterocycles. The van der Waals surface area contributed by atoms with E-state index in [1.54, 1.807) is 6.07 Å². The van der Waals surface area contributed by atoms with Gasteiger partial charge >= 0.3 is 0 Å². The fraction of sp³-hybridized carbons (Fsp3) is 0.250. The number of carbonyl (C=O) groups excluding carboxylic acids is 1. The Morgan fingerprint density at radius 1 is 1.36 bits per heavy atom. The molecule has 4 rings (SSSR count). The molecule has 1 aromatic carbocycles. The van der Waals surface area contributed by atoms with Gasteiger partial charge in [0.15, 0.2) is 5.03 Å². The number of hydrogen-bond donors (Lipinski definition) is 2. The van der Waals surface area contributed by atoms with Gasteiger partial charge in [0.2, 0.25) is 5.01 Å². The highest BCUT2D eigenvalue weighted by atomic mass is 32.2. The SMILES string of the molecule is O=C(Nc1cccc(F)c1)c1nnc(C2CCCN2S(=O)(=O)c2cnc[nH]2)s1. The summed E-state index contributed by atoms with van der Waals surface area (Å²) in [6.45, 7) is 0.344. The minimum atomic E-state index is -3.75. The fourth-order valence-electron chi connectivity index (χ4n) is 3.00. The van der Waals surface area contributed by atoms with E-state index < -0.39 is 27.8 Å². The van der Waals surface area contributed by atoms with Crippen LogP contribution in [0, 0.1) is 5.82 Å². The molecule has 3 heterocycles. The Morgan fingerprint density at radius 3 is 2.96 bits per heavy atom. The molecule has 2 N–H and O–H groups in total. The van der Waals surface area contributed by atoms with E-state index in [4.69, 9.17) is 0 Å². The van der Waals surface area contributed by atoms with E-state index in [0.29, 0.717) is 30.1 Å². The third-order valence-electron chi connectivity index (χ3n) is 4.27. The van der Waals surface area contributed by atoms with Crippen LogP contribution in [0.2, 0.25) is 0 Å². The Hall–Kier alpha value is -2.70. The van der Waals surface area contributed by atoms with Crippen molar-refractivity contribution in [3.05, 3.63) is 52.6 Å². The molecule has 1 amide bonds. The van der Waals surface area contributed by atoms with Crippen LogP contribution in [-0.4, -0.2) is 45.3 Å². The van der Waals surface area contributed by atoms with Gasteiger partial charge in [-0.25, -0.2) is 17.8 Å². The van der Waals surface area contributed by atoms with E-state index in [-0.39, 0.29) is 10.0 Å². The zero-order valence-electron chi connectivity index (χ0n) is 14.4. The van der Waals surface area contributed by atoms with Crippen molar-refractivity contribution in [1.29, 1.82) is 0 Å². The van der Waals surface area contributed by atoms with Gasteiger partial charge in [-0.1, -0.05) is 17.4 Å². The highest BCUT2D eigenvalue weighted by Crippen LogP contribution is 2.37. The van der Waals surface area contributed by atoms with Gasteiger partial charge < -0.3 is 10.3 Å². The zero-order chi connectivity index (χ0) is 19.7. The van der Waals surface area contributed by atoms with Crippen molar-refractivity contribution in [2.75, 3.05) is 11.9 Å². The largest absolute Gasteiger partial charge is 0.335 e. The summed E-state index contributed by atoms with van der Waals surface area (Å²) in [5.41, 5.74) is 0.297. The summed E-state index contributed by atoms with van der Waals surface area (Å²) in [5, 5.41) is 11.0. The van der Waals surface area contributed by atoms with Gasteiger partial charge in [-0.15, -0.1) is 10.2 Å². The molecule has 0 aliphatic carbocycles. The van der Waals surface area contributed by atoms with Crippen LogP contribution in [0.25, 0.3) is 0 Å². The van der Waals surface area contributed by atoms with Crippen molar-refractivity contribution < 1.29 is 17.6 Å². The third-order valence-corrected chi connectivity index (χ3v) is 7.12. The van der Waals surface area contributed by atoms with Gasteiger partial charge in [-0.2, -0.15) is 4.31 Å². The number of carbonyl (C=O) groups is 1. The highest BCUT2D eigenvalue weighted by molar-refractivity contribution is 7.89. The van der Waals surface area contributed by atoms with E-state index in [9.17, 15) is 17.6 Å². The lowest BCUT2D eigenvalue weighted by Crippen LogP contribution is -2.30. The minimum Gasteiger partial charge on any atom is -0.335 e. The first-order valence-corrected chi connectivity index (χ1v) is 10.6. The second kappa shape index (κ2) is 7.37. The van der Waals surface area contributed by atoms with Crippen LogP contribution in [0.1, 0.15) is 33.7 Å². The van der Waals surface area contributed by atoms with Crippen molar-refractivity contribution in [2.45, 2.75) is 23.9 Å². The van der Waals surface area contributed by atoms with Crippen molar-refractivity contribution in [1.82, 2.24) is 24.5 Å². The Bertz CT molecular complexity index is 1100. The molecular formula is C16H15FN6O3S2. The molecular weight excluding hydrogens is 407 g/mol. The Morgan fingerprint density at radius 2 is 2.21 bits per heavy atom. The van der Waals surface area contributed by atoms with E-state index in [1.807, 2.05) is 0 Å². The third kappa shape index (κ3) is 3.53. The summed E-state index contributed by atoms with van der Waals surface area (Å²) in [5.74, 6) is -1.00. The topological polar surface area (TPSA) is 121 Å². The predicted molar refractivity (Wildman–Crippen MR) is 98.7 cm³/mol. The molecule has 0 bridgehead atoms. The van der Waals surface area contributed by atoms with Crippen LogP contribution < -0.4 is 5.32 Å². The summed E-state index contributed by atoms with van der Waals surface area (Å²) < 4.78 is 40.2. The number of sulfonamides is 1. The smallest absolute Gasteiger partial charge is 0.286 e. The van der Waals surface area contributed by atoms with Crippen LogP contribution in [0.5, 0.6) is 0 Å². The van der Waals surface area contributed by atoms with Crippen LogP contribution >= 0.6 is 11.3 Å². The number of hydrogen-bond acceptors (Lipinski definition) is 7. The molecule has 146 valence electrons. The molecule has 1 aliphatic heterocycles. The summed E-state index contributed by atoms with van der Waals surface area (Å²) >= 11 is 1.02. The molecule has 1 unspecified atom stereocenters. The lowest BCUT2D eigenvalue weighted by molar-refractivity contribution is 0.102. The van der Waals surface area contributed by atoms with E-state index in [0.717, 1.165) is 11.3 Å². The van der Waals surface area contributed by atoms with Gasteiger partial charge in [0.25, 0.3) is 15.9 Å². The number of aromatic nitrogens is 4. The summed E-state index contributed by atoms with van der Waals surface area (Å²) in [7, 11) is -3.75. The van der Waals surface area contributed by atoms with E-state index >= 15 is 0 Å². The first kappa shape index (κ1) is 18.7. The Balaban J connectivity index is 1.54. The van der Waals surface area contributed by atoms with Gasteiger partial charge in [-0.05, 0) is 31.0 Å².